The van der Waals surface area contributed by atoms with E-state index in [0.29, 0.717) is 29.8 Å². The number of carbonyl (C=O) groups is 1. The Kier molecular flexibility index (Phi) is 4.50. The van der Waals surface area contributed by atoms with Gasteiger partial charge >= 0.3 is 0 Å². The average Bonchev–Trinajstić information content (AvgIpc) is 2.33. The molecular weight excluding hydrogens is 285 g/mol. The van der Waals surface area contributed by atoms with Crippen molar-refractivity contribution in [2.24, 2.45) is 5.41 Å². The lowest BCUT2D eigenvalue weighted by Gasteiger charge is -2.37. The molecule has 0 saturated carbocycles. The number of rotatable bonds is 4. The molecule has 0 unspecified atom stereocenters. The maximum absolute atomic E-state index is 11.7. The van der Waals surface area contributed by atoms with Gasteiger partial charge in [-0.3, -0.25) is 4.79 Å². The lowest BCUT2D eigenvalue weighted by molar-refractivity contribution is -0.122. The summed E-state index contributed by atoms with van der Waals surface area (Å²) in [5.74, 6) is -0.140. The molecule has 0 spiro atoms. The van der Waals surface area contributed by atoms with E-state index < -0.39 is 0 Å². The van der Waals surface area contributed by atoms with Gasteiger partial charge in [0.1, 0.15) is 0 Å². The van der Waals surface area contributed by atoms with E-state index >= 15 is 0 Å². The number of hydrogen-bond donors (Lipinski definition) is 1. The van der Waals surface area contributed by atoms with Crippen molar-refractivity contribution < 1.29 is 9.53 Å². The number of benzene rings is 1. The normalized spacial score (nSPS) is 17.2. The Morgan fingerprint density at radius 3 is 2.79 bits per heavy atom. The summed E-state index contributed by atoms with van der Waals surface area (Å²) in [4.78, 5) is 11.7. The second-order valence-corrected chi connectivity index (χ2v) is 5.86. The van der Waals surface area contributed by atoms with E-state index in [0.717, 1.165) is 5.56 Å². The fourth-order valence-electron chi connectivity index (χ4n) is 1.71. The number of carbonyl (C=O) groups excluding carboxylic acids is 1. The molecular formula is C14H15Cl2NO2. The first-order chi connectivity index (χ1) is 8.98. The number of ether oxygens (including phenoxy) is 1. The molecule has 0 radical (unpaired) electrons. The van der Waals surface area contributed by atoms with Gasteiger partial charge in [-0.05, 0) is 23.8 Å². The average molecular weight is 300 g/mol. The topological polar surface area (TPSA) is 38.3 Å². The quantitative estimate of drug-likeness (QED) is 0.867. The van der Waals surface area contributed by atoms with Crippen LogP contribution in [0.3, 0.4) is 0 Å². The first-order valence-electron chi connectivity index (χ1n) is 5.97. The summed E-state index contributed by atoms with van der Waals surface area (Å²) in [6.07, 6.45) is 3.14. The lowest BCUT2D eigenvalue weighted by Crippen LogP contribution is -2.48. The zero-order valence-corrected chi connectivity index (χ0v) is 12.1. The summed E-state index contributed by atoms with van der Waals surface area (Å²) in [6.45, 7) is 4.08. The Bertz CT molecular complexity index is 510. The maximum atomic E-state index is 11.7. The Morgan fingerprint density at radius 2 is 2.21 bits per heavy atom. The molecule has 102 valence electrons. The first kappa shape index (κ1) is 14.4. The van der Waals surface area contributed by atoms with Gasteiger partial charge in [0, 0.05) is 28.1 Å². The highest BCUT2D eigenvalue weighted by Crippen LogP contribution is 2.25. The molecule has 1 aliphatic heterocycles. The second-order valence-electron chi connectivity index (χ2n) is 5.02. The SMILES string of the molecule is CC1(CNC(=O)C=Cc2ccc(Cl)cc2Cl)COC1. The van der Waals surface area contributed by atoms with E-state index in [9.17, 15) is 4.79 Å². The zero-order valence-electron chi connectivity index (χ0n) is 10.6. The minimum Gasteiger partial charge on any atom is -0.380 e. The van der Waals surface area contributed by atoms with Gasteiger partial charge in [0.15, 0.2) is 0 Å². The van der Waals surface area contributed by atoms with Gasteiger partial charge in [-0.1, -0.05) is 36.2 Å². The third-order valence-corrected chi connectivity index (χ3v) is 3.53. The lowest BCUT2D eigenvalue weighted by atomic mass is 9.89. The van der Waals surface area contributed by atoms with Crippen LogP contribution in [0.15, 0.2) is 24.3 Å². The summed E-state index contributed by atoms with van der Waals surface area (Å²) in [5.41, 5.74) is 0.834. The van der Waals surface area contributed by atoms with Gasteiger partial charge in [-0.15, -0.1) is 0 Å². The number of halogens is 2. The van der Waals surface area contributed by atoms with E-state index in [4.69, 9.17) is 27.9 Å². The first-order valence-corrected chi connectivity index (χ1v) is 6.73. The molecule has 1 amide bonds. The smallest absolute Gasteiger partial charge is 0.244 e. The van der Waals surface area contributed by atoms with Crippen LogP contribution in [0, 0.1) is 5.41 Å². The van der Waals surface area contributed by atoms with Crippen LogP contribution in [0.25, 0.3) is 6.08 Å². The Labute approximate surface area is 122 Å². The Balaban J connectivity index is 1.89. The Hall–Kier alpha value is -1.03. The van der Waals surface area contributed by atoms with Crippen LogP contribution >= 0.6 is 23.2 Å². The molecule has 2 rings (SSSR count). The third kappa shape index (κ3) is 3.96. The van der Waals surface area contributed by atoms with Crippen LogP contribution in [0.1, 0.15) is 12.5 Å². The summed E-state index contributed by atoms with van der Waals surface area (Å²) >= 11 is 11.8. The minimum atomic E-state index is -0.140. The molecule has 1 saturated heterocycles. The molecule has 1 aromatic carbocycles. The van der Waals surface area contributed by atoms with Crippen LogP contribution in [-0.4, -0.2) is 25.7 Å². The molecule has 5 heteroatoms. The molecule has 1 N–H and O–H groups in total. The molecule has 0 aromatic heterocycles. The van der Waals surface area contributed by atoms with Crippen molar-refractivity contribution >= 4 is 35.2 Å². The summed E-state index contributed by atoms with van der Waals surface area (Å²) < 4.78 is 5.13. The zero-order chi connectivity index (χ0) is 13.9. The minimum absolute atomic E-state index is 0.0709. The van der Waals surface area contributed by atoms with Crippen LogP contribution in [0.2, 0.25) is 10.0 Å². The predicted octanol–water partition coefficient (Wildman–Crippen LogP) is 3.16. The van der Waals surface area contributed by atoms with Crippen molar-refractivity contribution in [3.63, 3.8) is 0 Å². The maximum Gasteiger partial charge on any atom is 0.244 e. The van der Waals surface area contributed by atoms with Crippen LogP contribution in [0.5, 0.6) is 0 Å². The highest BCUT2D eigenvalue weighted by atomic mass is 35.5. The molecule has 0 atom stereocenters. The second kappa shape index (κ2) is 5.95. The molecule has 0 aliphatic carbocycles. The molecule has 1 aliphatic rings. The van der Waals surface area contributed by atoms with Gasteiger partial charge in [0.05, 0.1) is 13.2 Å². The van der Waals surface area contributed by atoms with Gasteiger partial charge in [0.25, 0.3) is 0 Å². The molecule has 1 fully saturated rings. The Morgan fingerprint density at radius 1 is 1.47 bits per heavy atom. The van der Waals surface area contributed by atoms with Crippen LogP contribution in [-0.2, 0) is 9.53 Å². The van der Waals surface area contributed by atoms with E-state index in [-0.39, 0.29) is 11.3 Å². The van der Waals surface area contributed by atoms with Gasteiger partial charge in [-0.2, -0.15) is 0 Å². The van der Waals surface area contributed by atoms with Crippen molar-refractivity contribution in [2.75, 3.05) is 19.8 Å². The molecule has 3 nitrogen and oxygen atoms in total. The van der Waals surface area contributed by atoms with E-state index in [1.807, 2.05) is 0 Å². The standard InChI is InChI=1S/C14H15Cl2NO2/c1-14(8-19-9-14)7-17-13(18)5-3-10-2-4-11(15)6-12(10)16/h2-6H,7-9H2,1H3,(H,17,18). The summed E-state index contributed by atoms with van der Waals surface area (Å²) in [7, 11) is 0. The highest BCUT2D eigenvalue weighted by molar-refractivity contribution is 6.35. The number of amides is 1. The molecule has 19 heavy (non-hydrogen) atoms. The monoisotopic (exact) mass is 299 g/mol. The fraction of sp³-hybridized carbons (Fsp3) is 0.357. The van der Waals surface area contributed by atoms with Crippen LogP contribution < -0.4 is 5.32 Å². The van der Waals surface area contributed by atoms with Crippen molar-refractivity contribution in [1.29, 1.82) is 0 Å². The van der Waals surface area contributed by atoms with E-state index in [1.165, 1.54) is 6.08 Å². The number of hydrogen-bond acceptors (Lipinski definition) is 2. The van der Waals surface area contributed by atoms with Gasteiger partial charge in [-0.25, -0.2) is 0 Å². The predicted molar refractivity (Wildman–Crippen MR) is 77.4 cm³/mol. The molecule has 1 heterocycles. The van der Waals surface area contributed by atoms with Crippen molar-refractivity contribution in [1.82, 2.24) is 5.32 Å². The highest BCUT2D eigenvalue weighted by Gasteiger charge is 2.33. The van der Waals surface area contributed by atoms with Crippen LogP contribution in [0.4, 0.5) is 0 Å². The molecule has 1 aromatic rings. The fourth-order valence-corrected chi connectivity index (χ4v) is 2.19. The van der Waals surface area contributed by atoms with Gasteiger partial charge < -0.3 is 10.1 Å². The third-order valence-electron chi connectivity index (χ3n) is 2.97. The summed E-state index contributed by atoms with van der Waals surface area (Å²) in [5, 5.41) is 3.95. The number of nitrogens with one attached hydrogen (secondary N) is 1. The van der Waals surface area contributed by atoms with Crippen molar-refractivity contribution in [2.45, 2.75) is 6.92 Å². The van der Waals surface area contributed by atoms with Crippen molar-refractivity contribution in [3.8, 4) is 0 Å². The van der Waals surface area contributed by atoms with Gasteiger partial charge in [0.2, 0.25) is 5.91 Å². The molecule has 0 bridgehead atoms. The van der Waals surface area contributed by atoms with E-state index in [2.05, 4.69) is 12.2 Å². The summed E-state index contributed by atoms with van der Waals surface area (Å²) in [6, 6.07) is 5.15. The van der Waals surface area contributed by atoms with E-state index in [1.54, 1.807) is 24.3 Å². The largest absolute Gasteiger partial charge is 0.380 e. The van der Waals surface area contributed by atoms with Crippen molar-refractivity contribution in [3.05, 3.63) is 39.9 Å².